The highest BCUT2D eigenvalue weighted by molar-refractivity contribution is 3.51. The van der Waals surface area contributed by atoms with Crippen LogP contribution in [0, 0.1) is 0 Å². The lowest BCUT2D eigenvalue weighted by Crippen LogP contribution is -0.856. The molecule has 0 fully saturated rings. The van der Waals surface area contributed by atoms with Crippen LogP contribution in [0.4, 0.5) is 0 Å². The molecular formula is C38H144. The minimum absolute atomic E-state index is 0. The van der Waals surface area contributed by atoms with Gasteiger partial charge in [0.15, 0.2) is 0 Å². The second-order valence-electron chi connectivity index (χ2n) is 0. The molecule has 0 aromatic heterocycles. The molecule has 0 aliphatic carbocycles. The van der Waals surface area contributed by atoms with Crippen LogP contribution in [0.15, 0.2) is 0 Å². The minimum Gasteiger partial charge on any atom is -0.0776 e. The van der Waals surface area contributed by atoms with E-state index >= 15 is 0 Å². The molecule has 0 heteroatoms. The van der Waals surface area contributed by atoms with Crippen LogP contribution < -0.4 is 0 Å². The first kappa shape index (κ1) is 3250. The first-order valence-corrected chi connectivity index (χ1v) is 4.00. The number of rotatable bonds is 0. The van der Waals surface area contributed by atoms with Gasteiger partial charge >= 0.3 is 0 Å². The monoisotopic (exact) mass is 601 g/mol. The third kappa shape index (κ3) is 0. The highest BCUT2D eigenvalue weighted by Crippen LogP contribution is 1.15. The van der Waals surface area contributed by atoms with Crippen molar-refractivity contribution in [2.45, 2.75) is 278 Å². The van der Waals surface area contributed by atoms with E-state index in [0.29, 0.717) is 0 Å². The summed E-state index contributed by atoms with van der Waals surface area (Å²) >= 11 is 0. The fourth-order valence-electron chi connectivity index (χ4n) is 0. The maximum Gasteiger partial charge on any atom is -0.0683 e. The Bertz CT molecular complexity index is 0. The molecule has 0 N–H and O–H groups in total. The average Bonchev–Trinajstić information content (AvgIpc) is 2.03. The molecule has 296 valence electrons. The van der Waals surface area contributed by atoms with E-state index in [1.54, 1.807) is 0 Å². The standard InChI is InChI=1S/4C2H6.30CH4/c4*1-2;;;;;;;;;;;;;;;;;;;;;;;;;;;;;;/h4*1-2H3;30*1H4. The van der Waals surface area contributed by atoms with E-state index in [1.807, 2.05) is 55.4 Å². The summed E-state index contributed by atoms with van der Waals surface area (Å²) in [5, 5.41) is 0. The van der Waals surface area contributed by atoms with E-state index in [1.165, 1.54) is 0 Å². The Kier molecular flexibility index (Phi) is 0. The van der Waals surface area contributed by atoms with Crippen molar-refractivity contribution in [3.63, 3.8) is 0 Å². The Morgan fingerprint density at radius 3 is 0.0789 bits per heavy atom. The van der Waals surface area contributed by atoms with Gasteiger partial charge in [0, 0.05) is 0 Å². The van der Waals surface area contributed by atoms with Gasteiger partial charge in [-0.05, 0) is 0 Å². The molecule has 0 saturated heterocycles. The summed E-state index contributed by atoms with van der Waals surface area (Å²) in [6, 6.07) is 0. The summed E-state index contributed by atoms with van der Waals surface area (Å²) in [6.07, 6.45) is 0. The van der Waals surface area contributed by atoms with E-state index in [0.717, 1.165) is 0 Å². The largest absolute Gasteiger partial charge is 0.0776 e. The van der Waals surface area contributed by atoms with Crippen molar-refractivity contribution < 1.29 is 0 Å². The zero-order valence-corrected chi connectivity index (χ0v) is 8.00. The summed E-state index contributed by atoms with van der Waals surface area (Å²) in [6.45, 7) is 16.0. The average molecular weight is 602 g/mol. The molecule has 0 heterocycles. The molecule has 0 aliphatic rings. The molecule has 0 radical (unpaired) electrons. The van der Waals surface area contributed by atoms with Gasteiger partial charge in [0.1, 0.15) is 0 Å². The van der Waals surface area contributed by atoms with Gasteiger partial charge in [-0.1, -0.05) is 278 Å². The summed E-state index contributed by atoms with van der Waals surface area (Å²) in [5.74, 6) is 0. The van der Waals surface area contributed by atoms with Crippen LogP contribution in [-0.4, -0.2) is 0 Å². The molecule has 0 rings (SSSR count). The van der Waals surface area contributed by atoms with Crippen molar-refractivity contribution in [2.75, 3.05) is 0 Å². The van der Waals surface area contributed by atoms with Crippen molar-refractivity contribution in [1.29, 1.82) is 0 Å². The van der Waals surface area contributed by atoms with Crippen molar-refractivity contribution in [2.24, 2.45) is 0 Å². The molecule has 38 heavy (non-hydrogen) atoms. The topological polar surface area (TPSA) is 0 Å². The van der Waals surface area contributed by atoms with Crippen LogP contribution in [0.2, 0.25) is 0 Å². The van der Waals surface area contributed by atoms with Crippen LogP contribution in [0.25, 0.3) is 0 Å². The molecule has 0 bridgehead atoms. The maximum atomic E-state index is 2.00. The van der Waals surface area contributed by atoms with Gasteiger partial charge in [0.2, 0.25) is 0 Å². The summed E-state index contributed by atoms with van der Waals surface area (Å²) in [5.41, 5.74) is 0. The van der Waals surface area contributed by atoms with Gasteiger partial charge in [0.25, 0.3) is 0 Å². The lowest BCUT2D eigenvalue weighted by atomic mass is 11.0. The third-order valence-corrected chi connectivity index (χ3v) is 0. The fourth-order valence-corrected chi connectivity index (χ4v) is 0. The van der Waals surface area contributed by atoms with Gasteiger partial charge in [0.05, 0.1) is 0 Å². The molecular weight excluding hydrogens is 456 g/mol. The van der Waals surface area contributed by atoms with E-state index in [-0.39, 0.29) is 223 Å². The van der Waals surface area contributed by atoms with Gasteiger partial charge in [-0.25, -0.2) is 0 Å². The summed E-state index contributed by atoms with van der Waals surface area (Å²) < 4.78 is 0. The highest BCUT2D eigenvalue weighted by atomic mass is 13.0. The first-order valence-electron chi connectivity index (χ1n) is 4.00. The quantitative estimate of drug-likeness (QED) is 0.259. The molecule has 0 unspecified atom stereocenters. The predicted octanol–water partition coefficient (Wildman–Crippen LogP) is 23.2. The Balaban J connectivity index is -0.000000000139. The summed E-state index contributed by atoms with van der Waals surface area (Å²) in [4.78, 5) is 0. The predicted molar refractivity (Wildman–Crippen MR) is 247 cm³/mol. The van der Waals surface area contributed by atoms with Gasteiger partial charge in [-0.2, -0.15) is 0 Å². The van der Waals surface area contributed by atoms with Crippen molar-refractivity contribution in [3.05, 3.63) is 0 Å². The van der Waals surface area contributed by atoms with E-state index in [4.69, 9.17) is 0 Å². The maximum absolute atomic E-state index is 2.00. The van der Waals surface area contributed by atoms with E-state index in [9.17, 15) is 0 Å². The van der Waals surface area contributed by atoms with Gasteiger partial charge in [-0.3, -0.25) is 0 Å². The molecule has 0 aromatic carbocycles. The van der Waals surface area contributed by atoms with E-state index < -0.39 is 0 Å². The zero-order chi connectivity index (χ0) is 8.00. The highest BCUT2D eigenvalue weighted by Gasteiger charge is 0.938. The molecule has 0 saturated carbocycles. The third-order valence-electron chi connectivity index (χ3n) is 0. The molecule has 0 aromatic rings. The lowest BCUT2D eigenvalue weighted by molar-refractivity contribution is 1.50. The second kappa shape index (κ2) is 0. The Hall–Kier alpha value is 0. The zero-order valence-electron chi connectivity index (χ0n) is 8.00. The molecule has 0 atom stereocenters. The van der Waals surface area contributed by atoms with Crippen LogP contribution >= 0.6 is 0 Å². The molecule has 0 amide bonds. The Morgan fingerprint density at radius 2 is 0.0789 bits per heavy atom. The van der Waals surface area contributed by atoms with Gasteiger partial charge in [-0.15, -0.1) is 0 Å². The minimum atomic E-state index is 0. The van der Waals surface area contributed by atoms with Gasteiger partial charge < -0.3 is 0 Å². The van der Waals surface area contributed by atoms with E-state index in [2.05, 4.69) is 0 Å². The number of hydrogen-bond acceptors (Lipinski definition) is 0. The van der Waals surface area contributed by atoms with Crippen LogP contribution in [0.5, 0.6) is 0 Å². The summed E-state index contributed by atoms with van der Waals surface area (Å²) in [7, 11) is 0. The molecule has 0 nitrogen and oxygen atoms in total. The first-order chi connectivity index (χ1) is 4.00. The normalized spacial score (nSPS) is 0.632. The molecule has 0 spiro atoms. The fraction of sp³-hybridized carbons (Fsp3) is 1.00. The SMILES string of the molecule is C.C.C.C.C.C.C.C.C.C.C.C.C.C.C.C.C.C.C.C.C.C.C.C.C.C.C.C.C.C.CC.CC.CC.CC. The van der Waals surface area contributed by atoms with Crippen LogP contribution in [-0.2, 0) is 0 Å². The second-order valence-corrected chi connectivity index (χ2v) is 0. The Morgan fingerprint density at radius 1 is 0.0789 bits per heavy atom. The van der Waals surface area contributed by atoms with Crippen molar-refractivity contribution in [3.8, 4) is 0 Å². The molecule has 0 aliphatic heterocycles. The smallest absolute Gasteiger partial charge is 0.0683 e. The number of hydrogen-bond donors (Lipinski definition) is 0. The Labute approximate surface area is 277 Å². The van der Waals surface area contributed by atoms with Crippen LogP contribution in [0.1, 0.15) is 278 Å². The lowest BCUT2D eigenvalue weighted by Gasteiger charge is -1.07. The van der Waals surface area contributed by atoms with Crippen molar-refractivity contribution >= 4 is 0 Å². The van der Waals surface area contributed by atoms with Crippen molar-refractivity contribution in [1.82, 2.24) is 0 Å². The van der Waals surface area contributed by atoms with Crippen LogP contribution in [0.3, 0.4) is 0 Å².